The normalized spacial score (nSPS) is 24.4. The quantitative estimate of drug-likeness (QED) is 0.878. The molecule has 2 atom stereocenters. The Kier molecular flexibility index (Phi) is 6.29. The lowest BCUT2D eigenvalue weighted by atomic mass is 9.71. The van der Waals surface area contributed by atoms with E-state index in [1.165, 1.54) is 11.1 Å². The topological polar surface area (TPSA) is 64.4 Å². The summed E-state index contributed by atoms with van der Waals surface area (Å²) in [5, 5.41) is 3.21. The Labute approximate surface area is 150 Å². The smallest absolute Gasteiger partial charge is 0.237 e. The molecule has 3 N–H and O–H groups in total. The summed E-state index contributed by atoms with van der Waals surface area (Å²) >= 11 is 0. The van der Waals surface area contributed by atoms with Crippen molar-refractivity contribution in [1.29, 1.82) is 0 Å². The molecule has 0 aromatic heterocycles. The predicted molar refractivity (Wildman–Crippen MR) is 98.4 cm³/mol. The van der Waals surface area contributed by atoms with Crippen molar-refractivity contribution in [2.75, 3.05) is 13.2 Å². The van der Waals surface area contributed by atoms with Crippen LogP contribution in [0, 0.1) is 5.92 Å². The standard InChI is InChI=1S/C19H28N2O2.ClH/c1-19(2)10-7-16(14-5-3-4-6-15(14)19)21-18(22)17(20)13-8-11-23-12-9-13;/h3-6,13,16-17H,7-12,20H2,1-2H3,(H,21,22);1H. The summed E-state index contributed by atoms with van der Waals surface area (Å²) in [6.45, 7) is 5.98. The first-order valence-electron chi connectivity index (χ1n) is 8.72. The molecular formula is C19H29ClN2O2. The average Bonchev–Trinajstić information content (AvgIpc) is 2.58. The van der Waals surface area contributed by atoms with Crippen LogP contribution >= 0.6 is 12.4 Å². The van der Waals surface area contributed by atoms with Crippen molar-refractivity contribution < 1.29 is 9.53 Å². The molecule has 0 spiro atoms. The first kappa shape index (κ1) is 19.2. The molecule has 1 saturated heterocycles. The minimum Gasteiger partial charge on any atom is -0.381 e. The third-order valence-electron chi connectivity index (χ3n) is 5.52. The second-order valence-electron chi connectivity index (χ2n) is 7.55. The molecule has 2 aliphatic rings. The van der Waals surface area contributed by atoms with Gasteiger partial charge >= 0.3 is 0 Å². The van der Waals surface area contributed by atoms with Gasteiger partial charge < -0.3 is 15.8 Å². The highest BCUT2D eigenvalue weighted by atomic mass is 35.5. The molecule has 24 heavy (non-hydrogen) atoms. The van der Waals surface area contributed by atoms with Crippen LogP contribution in [0.3, 0.4) is 0 Å². The molecule has 134 valence electrons. The van der Waals surface area contributed by atoms with Gasteiger partial charge in [-0.2, -0.15) is 0 Å². The van der Waals surface area contributed by atoms with Crippen molar-refractivity contribution in [3.63, 3.8) is 0 Å². The van der Waals surface area contributed by atoms with Crippen molar-refractivity contribution >= 4 is 18.3 Å². The van der Waals surface area contributed by atoms with Gasteiger partial charge in [0.15, 0.2) is 0 Å². The second-order valence-corrected chi connectivity index (χ2v) is 7.55. The first-order valence-corrected chi connectivity index (χ1v) is 8.72. The molecule has 1 heterocycles. The molecule has 1 aromatic carbocycles. The van der Waals surface area contributed by atoms with Gasteiger partial charge in [-0.25, -0.2) is 0 Å². The first-order chi connectivity index (χ1) is 11.0. The number of halogens is 1. The summed E-state index contributed by atoms with van der Waals surface area (Å²) < 4.78 is 5.36. The van der Waals surface area contributed by atoms with Gasteiger partial charge in [0.25, 0.3) is 0 Å². The summed E-state index contributed by atoms with van der Waals surface area (Å²) in [4.78, 5) is 12.6. The van der Waals surface area contributed by atoms with Crippen molar-refractivity contribution in [2.45, 2.75) is 57.0 Å². The number of carbonyl (C=O) groups excluding carboxylic acids is 1. The van der Waals surface area contributed by atoms with E-state index in [0.717, 1.165) is 25.7 Å². The van der Waals surface area contributed by atoms with Gasteiger partial charge in [0.05, 0.1) is 12.1 Å². The van der Waals surface area contributed by atoms with Crippen LogP contribution in [0.4, 0.5) is 0 Å². The summed E-state index contributed by atoms with van der Waals surface area (Å²) in [5.41, 5.74) is 8.97. The monoisotopic (exact) mass is 352 g/mol. The zero-order valence-corrected chi connectivity index (χ0v) is 15.4. The zero-order valence-electron chi connectivity index (χ0n) is 14.6. The van der Waals surface area contributed by atoms with Gasteiger partial charge in [-0.15, -0.1) is 12.4 Å². The van der Waals surface area contributed by atoms with E-state index in [1.807, 2.05) is 0 Å². The van der Waals surface area contributed by atoms with E-state index in [9.17, 15) is 4.79 Å². The number of amides is 1. The van der Waals surface area contributed by atoms with Gasteiger partial charge in [0.1, 0.15) is 0 Å². The molecule has 1 fully saturated rings. The van der Waals surface area contributed by atoms with Crippen LogP contribution in [0.1, 0.15) is 56.7 Å². The lowest BCUT2D eigenvalue weighted by Crippen LogP contribution is -2.49. The van der Waals surface area contributed by atoms with Crippen LogP contribution in [0.15, 0.2) is 24.3 Å². The molecule has 1 aromatic rings. The Bertz CT molecular complexity index is 570. The maximum Gasteiger partial charge on any atom is 0.237 e. The summed E-state index contributed by atoms with van der Waals surface area (Å²) in [6, 6.07) is 8.11. The SMILES string of the molecule is CC1(C)CCC(NC(=O)C(N)C2CCOCC2)c2ccccc21.Cl. The minimum atomic E-state index is -0.430. The van der Waals surface area contributed by atoms with Gasteiger partial charge in [-0.1, -0.05) is 38.1 Å². The number of benzene rings is 1. The highest BCUT2D eigenvalue weighted by Crippen LogP contribution is 2.41. The van der Waals surface area contributed by atoms with E-state index < -0.39 is 6.04 Å². The summed E-state index contributed by atoms with van der Waals surface area (Å²) in [5.74, 6) is 0.218. The molecule has 5 heteroatoms. The molecule has 1 aliphatic heterocycles. The fourth-order valence-electron chi connectivity index (χ4n) is 3.92. The largest absolute Gasteiger partial charge is 0.381 e. The summed E-state index contributed by atoms with van der Waals surface area (Å²) in [6.07, 6.45) is 3.80. The molecular weight excluding hydrogens is 324 g/mol. The minimum absolute atomic E-state index is 0. The molecule has 2 unspecified atom stereocenters. The maximum atomic E-state index is 12.6. The van der Waals surface area contributed by atoms with E-state index >= 15 is 0 Å². The number of ether oxygens (including phenoxy) is 1. The zero-order chi connectivity index (χ0) is 16.4. The molecule has 0 saturated carbocycles. The predicted octanol–water partition coefficient (Wildman–Crippen LogP) is 3.09. The van der Waals surface area contributed by atoms with Crippen molar-refractivity contribution in [2.24, 2.45) is 11.7 Å². The fraction of sp³-hybridized carbons (Fsp3) is 0.632. The Morgan fingerprint density at radius 2 is 1.92 bits per heavy atom. The number of hydrogen-bond acceptors (Lipinski definition) is 3. The van der Waals surface area contributed by atoms with Crippen molar-refractivity contribution in [3.05, 3.63) is 35.4 Å². The molecule has 0 radical (unpaired) electrons. The van der Waals surface area contributed by atoms with Gasteiger partial charge in [0, 0.05) is 13.2 Å². The number of nitrogens with one attached hydrogen (secondary N) is 1. The van der Waals surface area contributed by atoms with E-state index in [1.54, 1.807) is 0 Å². The lowest BCUT2D eigenvalue weighted by molar-refractivity contribution is -0.125. The Morgan fingerprint density at radius 3 is 2.62 bits per heavy atom. The van der Waals surface area contributed by atoms with E-state index in [0.29, 0.717) is 13.2 Å². The fourth-order valence-corrected chi connectivity index (χ4v) is 3.92. The van der Waals surface area contributed by atoms with Crippen molar-refractivity contribution in [1.82, 2.24) is 5.32 Å². The van der Waals surface area contributed by atoms with E-state index in [-0.39, 0.29) is 35.7 Å². The number of rotatable bonds is 3. The van der Waals surface area contributed by atoms with Crippen molar-refractivity contribution in [3.8, 4) is 0 Å². The van der Waals surface area contributed by atoms with E-state index in [2.05, 4.69) is 43.4 Å². The molecule has 0 bridgehead atoms. The average molecular weight is 353 g/mol. The molecule has 3 rings (SSSR count). The summed E-state index contributed by atoms with van der Waals surface area (Å²) in [7, 11) is 0. The highest BCUT2D eigenvalue weighted by molar-refractivity contribution is 5.85. The van der Waals surface area contributed by atoms with E-state index in [4.69, 9.17) is 10.5 Å². The Morgan fingerprint density at radius 1 is 1.25 bits per heavy atom. The van der Waals surface area contributed by atoms with Crippen LogP contribution < -0.4 is 11.1 Å². The number of hydrogen-bond donors (Lipinski definition) is 2. The van der Waals surface area contributed by atoms with Crippen LogP contribution in [0.5, 0.6) is 0 Å². The third kappa shape index (κ3) is 3.93. The lowest BCUT2D eigenvalue weighted by Gasteiger charge is -2.38. The Hall–Kier alpha value is -1.10. The maximum absolute atomic E-state index is 12.6. The molecule has 4 nitrogen and oxygen atoms in total. The van der Waals surface area contributed by atoms with Crippen LogP contribution in [0.2, 0.25) is 0 Å². The molecule has 1 aliphatic carbocycles. The van der Waals surface area contributed by atoms with Gasteiger partial charge in [-0.3, -0.25) is 4.79 Å². The van der Waals surface area contributed by atoms with Gasteiger partial charge in [-0.05, 0) is 48.1 Å². The van der Waals surface area contributed by atoms with Crippen LogP contribution in [-0.4, -0.2) is 25.2 Å². The second kappa shape index (κ2) is 7.85. The molecule has 1 amide bonds. The van der Waals surface area contributed by atoms with Crippen LogP contribution in [-0.2, 0) is 14.9 Å². The highest BCUT2D eigenvalue weighted by Gasteiger charge is 2.34. The number of fused-ring (bicyclic) bond motifs is 1. The van der Waals surface area contributed by atoms with Gasteiger partial charge in [0.2, 0.25) is 5.91 Å². The third-order valence-corrected chi connectivity index (χ3v) is 5.52. The van der Waals surface area contributed by atoms with Crippen LogP contribution in [0.25, 0.3) is 0 Å². The number of nitrogens with two attached hydrogens (primary N) is 1. The Balaban J connectivity index is 0.00000208. The number of carbonyl (C=O) groups is 1.